The number of halogens is 3. The van der Waals surface area contributed by atoms with Crippen molar-refractivity contribution in [1.82, 2.24) is 0 Å². The Morgan fingerprint density at radius 1 is 1.46 bits per heavy atom. The summed E-state index contributed by atoms with van der Waals surface area (Å²) in [5.74, 6) is 0. The molecule has 1 rings (SSSR count). The van der Waals surface area contributed by atoms with Gasteiger partial charge in [0.05, 0.1) is 6.54 Å². The number of nitrogens with one attached hydrogen (secondary N) is 1. The van der Waals surface area contributed by atoms with Crippen LogP contribution < -0.4 is 5.32 Å². The molecule has 4 heteroatoms. The quantitative estimate of drug-likeness (QED) is 0.844. The molecule has 0 spiro atoms. The third kappa shape index (κ3) is 3.46. The van der Waals surface area contributed by atoms with Gasteiger partial charge in [-0.15, -0.1) is 0 Å². The standard InChI is InChI=1S/C9H10F2IN/c1-6-2-3-7(12)4-8(6)13-5-9(10)11/h2-4,9,13H,5H2,1H3. The maximum atomic E-state index is 11.9. The van der Waals surface area contributed by atoms with Crippen LogP contribution in [-0.2, 0) is 0 Å². The average Bonchev–Trinajstić information content (AvgIpc) is 2.06. The molecule has 0 heterocycles. The molecule has 0 unspecified atom stereocenters. The number of aryl methyl sites for hydroxylation is 1. The van der Waals surface area contributed by atoms with E-state index in [-0.39, 0.29) is 6.54 Å². The fourth-order valence-corrected chi connectivity index (χ4v) is 1.46. The molecule has 13 heavy (non-hydrogen) atoms. The number of hydrogen-bond acceptors (Lipinski definition) is 1. The zero-order valence-electron chi connectivity index (χ0n) is 7.15. The van der Waals surface area contributed by atoms with E-state index >= 15 is 0 Å². The molecular weight excluding hydrogens is 287 g/mol. The van der Waals surface area contributed by atoms with Crippen molar-refractivity contribution >= 4 is 28.3 Å². The van der Waals surface area contributed by atoms with E-state index < -0.39 is 6.43 Å². The summed E-state index contributed by atoms with van der Waals surface area (Å²) in [7, 11) is 0. The van der Waals surface area contributed by atoms with Crippen molar-refractivity contribution in [2.24, 2.45) is 0 Å². The summed E-state index contributed by atoms with van der Waals surface area (Å²) in [6, 6.07) is 5.72. The van der Waals surface area contributed by atoms with E-state index in [2.05, 4.69) is 27.9 Å². The zero-order valence-corrected chi connectivity index (χ0v) is 9.31. The predicted molar refractivity (Wildman–Crippen MR) is 58.4 cm³/mol. The Morgan fingerprint density at radius 3 is 2.77 bits per heavy atom. The first kappa shape index (κ1) is 10.7. The Morgan fingerprint density at radius 2 is 2.15 bits per heavy atom. The Bertz CT molecular complexity index is 289. The molecule has 0 atom stereocenters. The summed E-state index contributed by atoms with van der Waals surface area (Å²) >= 11 is 2.15. The zero-order chi connectivity index (χ0) is 9.84. The van der Waals surface area contributed by atoms with Crippen LogP contribution in [0.1, 0.15) is 5.56 Å². The van der Waals surface area contributed by atoms with Crippen molar-refractivity contribution in [3.8, 4) is 0 Å². The largest absolute Gasteiger partial charge is 0.379 e. The molecule has 1 aromatic carbocycles. The van der Waals surface area contributed by atoms with Gasteiger partial charge < -0.3 is 5.32 Å². The van der Waals surface area contributed by atoms with Crippen LogP contribution in [0.15, 0.2) is 18.2 Å². The topological polar surface area (TPSA) is 12.0 Å². The molecule has 0 fully saturated rings. The van der Waals surface area contributed by atoms with Crippen LogP contribution >= 0.6 is 22.6 Å². The van der Waals surface area contributed by atoms with Gasteiger partial charge in [-0.3, -0.25) is 0 Å². The summed E-state index contributed by atoms with van der Waals surface area (Å²) in [5, 5.41) is 2.70. The molecule has 0 aliphatic heterocycles. The SMILES string of the molecule is Cc1ccc(I)cc1NCC(F)F. The van der Waals surface area contributed by atoms with Gasteiger partial charge in [-0.05, 0) is 47.2 Å². The molecule has 0 saturated carbocycles. The van der Waals surface area contributed by atoms with Crippen molar-refractivity contribution in [1.29, 1.82) is 0 Å². The first-order valence-electron chi connectivity index (χ1n) is 3.88. The van der Waals surface area contributed by atoms with Gasteiger partial charge in [-0.25, -0.2) is 8.78 Å². The maximum absolute atomic E-state index is 11.9. The van der Waals surface area contributed by atoms with Gasteiger partial charge in [-0.2, -0.15) is 0 Å². The summed E-state index contributed by atoms with van der Waals surface area (Å²) in [6.07, 6.45) is -2.31. The highest BCUT2D eigenvalue weighted by Crippen LogP contribution is 2.18. The number of anilines is 1. The summed E-state index contributed by atoms with van der Waals surface area (Å²) in [6.45, 7) is 1.60. The predicted octanol–water partition coefficient (Wildman–Crippen LogP) is 3.28. The molecule has 0 radical (unpaired) electrons. The lowest BCUT2D eigenvalue weighted by atomic mass is 10.2. The molecule has 1 aromatic rings. The highest BCUT2D eigenvalue weighted by molar-refractivity contribution is 14.1. The number of alkyl halides is 2. The first-order valence-corrected chi connectivity index (χ1v) is 4.95. The van der Waals surface area contributed by atoms with Crippen molar-refractivity contribution in [2.75, 3.05) is 11.9 Å². The van der Waals surface area contributed by atoms with E-state index in [4.69, 9.17) is 0 Å². The first-order chi connectivity index (χ1) is 6.09. The van der Waals surface area contributed by atoms with Gasteiger partial charge in [0.2, 0.25) is 0 Å². The minimum Gasteiger partial charge on any atom is -0.379 e. The van der Waals surface area contributed by atoms with Crippen LogP contribution in [0.2, 0.25) is 0 Å². The lowest BCUT2D eigenvalue weighted by molar-refractivity contribution is 0.163. The van der Waals surface area contributed by atoms with Crippen molar-refractivity contribution in [3.05, 3.63) is 27.3 Å². The van der Waals surface area contributed by atoms with E-state index in [0.717, 1.165) is 14.8 Å². The fourth-order valence-electron chi connectivity index (χ4n) is 0.972. The highest BCUT2D eigenvalue weighted by Gasteiger charge is 2.03. The Balaban J connectivity index is 2.70. The Kier molecular flexibility index (Phi) is 3.90. The Hall–Kier alpha value is -0.390. The lowest BCUT2D eigenvalue weighted by Crippen LogP contribution is -2.11. The molecule has 72 valence electrons. The molecular formula is C9H10F2IN. The van der Waals surface area contributed by atoms with Crippen LogP contribution in [-0.4, -0.2) is 13.0 Å². The van der Waals surface area contributed by atoms with Gasteiger partial charge in [0.25, 0.3) is 6.43 Å². The van der Waals surface area contributed by atoms with Gasteiger partial charge in [0.15, 0.2) is 0 Å². The monoisotopic (exact) mass is 297 g/mol. The number of benzene rings is 1. The van der Waals surface area contributed by atoms with E-state index in [0.29, 0.717) is 0 Å². The molecule has 1 nitrogen and oxygen atoms in total. The summed E-state index contributed by atoms with van der Waals surface area (Å²) in [4.78, 5) is 0. The van der Waals surface area contributed by atoms with Crippen molar-refractivity contribution in [3.63, 3.8) is 0 Å². The average molecular weight is 297 g/mol. The second-order valence-electron chi connectivity index (χ2n) is 2.73. The maximum Gasteiger partial charge on any atom is 0.255 e. The van der Waals surface area contributed by atoms with Crippen LogP contribution in [0.5, 0.6) is 0 Å². The molecule has 0 aliphatic rings. The normalized spacial score (nSPS) is 10.5. The van der Waals surface area contributed by atoms with Crippen molar-refractivity contribution < 1.29 is 8.78 Å². The fraction of sp³-hybridized carbons (Fsp3) is 0.333. The minimum absolute atomic E-state index is 0.291. The lowest BCUT2D eigenvalue weighted by Gasteiger charge is -2.08. The molecule has 0 saturated heterocycles. The van der Waals surface area contributed by atoms with Crippen molar-refractivity contribution in [2.45, 2.75) is 13.3 Å². The second-order valence-corrected chi connectivity index (χ2v) is 3.98. The van der Waals surface area contributed by atoms with Crippen LogP contribution in [0, 0.1) is 10.5 Å². The minimum atomic E-state index is -2.31. The summed E-state index contributed by atoms with van der Waals surface area (Å²) < 4.78 is 24.8. The highest BCUT2D eigenvalue weighted by atomic mass is 127. The van der Waals surface area contributed by atoms with E-state index in [9.17, 15) is 8.78 Å². The third-order valence-corrected chi connectivity index (χ3v) is 2.32. The van der Waals surface area contributed by atoms with Crippen LogP contribution in [0.4, 0.5) is 14.5 Å². The third-order valence-electron chi connectivity index (χ3n) is 1.65. The molecule has 1 N–H and O–H groups in total. The van der Waals surface area contributed by atoms with E-state index in [1.807, 2.05) is 25.1 Å². The van der Waals surface area contributed by atoms with Crippen LogP contribution in [0.3, 0.4) is 0 Å². The molecule has 0 amide bonds. The number of rotatable bonds is 3. The summed E-state index contributed by atoms with van der Waals surface area (Å²) in [5.41, 5.74) is 1.77. The van der Waals surface area contributed by atoms with Gasteiger partial charge in [0, 0.05) is 9.26 Å². The van der Waals surface area contributed by atoms with Gasteiger partial charge >= 0.3 is 0 Å². The van der Waals surface area contributed by atoms with E-state index in [1.165, 1.54) is 0 Å². The van der Waals surface area contributed by atoms with Gasteiger partial charge in [0.1, 0.15) is 0 Å². The molecule has 0 aromatic heterocycles. The second kappa shape index (κ2) is 4.74. The van der Waals surface area contributed by atoms with E-state index in [1.54, 1.807) is 0 Å². The molecule has 0 aliphatic carbocycles. The van der Waals surface area contributed by atoms with Crippen LogP contribution in [0.25, 0.3) is 0 Å². The Labute approximate surface area is 89.7 Å². The molecule has 0 bridgehead atoms. The smallest absolute Gasteiger partial charge is 0.255 e. The van der Waals surface area contributed by atoms with Gasteiger partial charge in [-0.1, -0.05) is 6.07 Å². The number of hydrogen-bond donors (Lipinski definition) is 1.